The summed E-state index contributed by atoms with van der Waals surface area (Å²) in [7, 11) is 0. The van der Waals surface area contributed by atoms with Crippen LogP contribution in [0.15, 0.2) is 24.3 Å². The van der Waals surface area contributed by atoms with Gasteiger partial charge < -0.3 is 10.0 Å². The summed E-state index contributed by atoms with van der Waals surface area (Å²) >= 11 is 5.31. The third kappa shape index (κ3) is 3.45. The second kappa shape index (κ2) is 7.22. The monoisotopic (exact) mass is 356 g/mol. The number of carbonyl (C=O) groups excluding carboxylic acids is 1. The Bertz CT molecular complexity index is 639. The van der Waals surface area contributed by atoms with Crippen molar-refractivity contribution in [3.05, 3.63) is 39.9 Å². The number of nitro groups is 1. The zero-order valence-corrected chi connectivity index (χ0v) is 14.0. The number of hydrogen-bond acceptors (Lipinski definition) is 6. The topological polar surface area (TPSA) is 101 Å². The zero-order valence-electron chi connectivity index (χ0n) is 12.3. The molecule has 23 heavy (non-hydrogen) atoms. The maximum Gasteiger partial charge on any atom is 0.327 e. The van der Waals surface area contributed by atoms with Crippen molar-refractivity contribution in [3.63, 3.8) is 0 Å². The number of nitrogens with zero attached hydrogens (tertiary/aromatic N) is 2. The minimum absolute atomic E-state index is 0.118. The van der Waals surface area contributed by atoms with E-state index >= 15 is 0 Å². The molecule has 3 atom stereocenters. The lowest BCUT2D eigenvalue weighted by molar-refractivity contribution is -0.385. The van der Waals surface area contributed by atoms with Crippen LogP contribution < -0.4 is 0 Å². The van der Waals surface area contributed by atoms with Gasteiger partial charge in [-0.3, -0.25) is 14.9 Å². The number of carbonyl (C=O) groups is 2. The smallest absolute Gasteiger partial charge is 0.327 e. The second-order valence-electron chi connectivity index (χ2n) is 5.18. The maximum absolute atomic E-state index is 12.6. The quantitative estimate of drug-likeness (QED) is 0.476. The number of nitro benzene ring substituents is 1. The predicted molar refractivity (Wildman–Crippen MR) is 89.6 cm³/mol. The fraction of sp³-hybridized carbons (Fsp3) is 0.429. The van der Waals surface area contributed by atoms with E-state index < -0.39 is 28.2 Å². The number of para-hydroxylation sites is 1. The molecule has 1 aliphatic heterocycles. The molecule has 1 heterocycles. The zero-order chi connectivity index (χ0) is 17.1. The first kappa shape index (κ1) is 17.6. The van der Waals surface area contributed by atoms with Crippen molar-refractivity contribution in [2.24, 2.45) is 5.92 Å². The van der Waals surface area contributed by atoms with E-state index in [1.165, 1.54) is 22.7 Å². The molecule has 0 bridgehead atoms. The Morgan fingerprint density at radius 3 is 2.74 bits per heavy atom. The van der Waals surface area contributed by atoms with E-state index in [4.69, 9.17) is 0 Å². The average Bonchev–Trinajstić information content (AvgIpc) is 2.98. The van der Waals surface area contributed by atoms with Gasteiger partial charge in [0.05, 0.1) is 10.5 Å². The Balaban J connectivity index is 2.46. The van der Waals surface area contributed by atoms with Gasteiger partial charge in [-0.15, -0.1) is 11.8 Å². The number of amides is 1. The SMILES string of the molecule is C[C@H](CS)C(=O)N1C(c2ccccc2[N+](=O)[O-])SC[C@H]1C(=O)O. The van der Waals surface area contributed by atoms with Crippen LogP contribution in [-0.4, -0.2) is 44.4 Å². The van der Waals surface area contributed by atoms with E-state index in [1.807, 2.05) is 0 Å². The van der Waals surface area contributed by atoms with E-state index in [9.17, 15) is 24.8 Å². The van der Waals surface area contributed by atoms with Gasteiger partial charge >= 0.3 is 5.97 Å². The number of thioether (sulfide) groups is 1. The van der Waals surface area contributed by atoms with E-state index in [-0.39, 0.29) is 23.1 Å². The highest BCUT2D eigenvalue weighted by atomic mass is 32.2. The van der Waals surface area contributed by atoms with Crippen LogP contribution in [0, 0.1) is 16.0 Å². The van der Waals surface area contributed by atoms with Crippen molar-refractivity contribution >= 4 is 42.0 Å². The van der Waals surface area contributed by atoms with Gasteiger partial charge in [-0.25, -0.2) is 4.79 Å². The molecule has 1 aliphatic rings. The van der Waals surface area contributed by atoms with Crippen LogP contribution in [0.5, 0.6) is 0 Å². The molecule has 7 nitrogen and oxygen atoms in total. The summed E-state index contributed by atoms with van der Waals surface area (Å²) in [6.07, 6.45) is 0. The highest BCUT2D eigenvalue weighted by Gasteiger charge is 2.45. The first-order valence-electron chi connectivity index (χ1n) is 6.89. The predicted octanol–water partition coefficient (Wildman–Crippen LogP) is 2.19. The molecule has 1 saturated heterocycles. The molecule has 1 aromatic rings. The molecule has 1 amide bonds. The molecule has 1 fully saturated rings. The number of rotatable bonds is 5. The molecule has 9 heteroatoms. The van der Waals surface area contributed by atoms with Gasteiger partial charge in [-0.1, -0.05) is 19.1 Å². The fourth-order valence-corrected chi connectivity index (χ4v) is 4.01. The van der Waals surface area contributed by atoms with Crippen LogP contribution in [0.1, 0.15) is 17.9 Å². The summed E-state index contributed by atoms with van der Waals surface area (Å²) in [5.74, 6) is -1.48. The van der Waals surface area contributed by atoms with Crippen molar-refractivity contribution in [1.82, 2.24) is 4.90 Å². The second-order valence-corrected chi connectivity index (χ2v) is 6.66. The standard InChI is InChI=1S/C14H16N2O5S2/c1-8(6-22)12(17)15-11(14(18)19)7-23-13(15)9-4-2-3-5-10(9)16(20)21/h2-5,8,11,13,22H,6-7H2,1H3,(H,18,19)/t8-,11+,13?/m1/s1. The van der Waals surface area contributed by atoms with Crippen molar-refractivity contribution in [1.29, 1.82) is 0 Å². The number of carboxylic acid groups (broad SMARTS) is 1. The lowest BCUT2D eigenvalue weighted by Gasteiger charge is -2.29. The van der Waals surface area contributed by atoms with Crippen LogP contribution in [0.25, 0.3) is 0 Å². The number of aliphatic carboxylic acids is 1. The van der Waals surface area contributed by atoms with Crippen LogP contribution in [0.4, 0.5) is 5.69 Å². The first-order valence-corrected chi connectivity index (χ1v) is 8.57. The van der Waals surface area contributed by atoms with Crippen LogP contribution in [0.3, 0.4) is 0 Å². The highest BCUT2D eigenvalue weighted by molar-refractivity contribution is 7.99. The van der Waals surface area contributed by atoms with E-state index in [0.717, 1.165) is 0 Å². The molecule has 2 rings (SSSR count). The molecule has 1 unspecified atom stereocenters. The highest BCUT2D eigenvalue weighted by Crippen LogP contribution is 2.45. The molecule has 0 aliphatic carbocycles. The summed E-state index contributed by atoms with van der Waals surface area (Å²) in [4.78, 5) is 36.0. The third-order valence-corrected chi connectivity index (χ3v) is 5.49. The van der Waals surface area contributed by atoms with E-state index in [2.05, 4.69) is 12.6 Å². The fourth-order valence-electron chi connectivity index (χ4n) is 2.40. The van der Waals surface area contributed by atoms with Crippen molar-refractivity contribution in [2.75, 3.05) is 11.5 Å². The minimum atomic E-state index is -1.11. The van der Waals surface area contributed by atoms with Gasteiger partial charge in [0.15, 0.2) is 0 Å². The Morgan fingerprint density at radius 2 is 2.17 bits per heavy atom. The summed E-state index contributed by atoms with van der Waals surface area (Å²) in [5.41, 5.74) is 0.221. The summed E-state index contributed by atoms with van der Waals surface area (Å²) < 4.78 is 0. The normalized spacial score (nSPS) is 21.9. The van der Waals surface area contributed by atoms with Crippen molar-refractivity contribution < 1.29 is 19.6 Å². The molecular formula is C14H16N2O5S2. The van der Waals surface area contributed by atoms with Crippen LogP contribution >= 0.6 is 24.4 Å². The first-order chi connectivity index (χ1) is 10.9. The van der Waals surface area contributed by atoms with Gasteiger partial charge in [0, 0.05) is 23.5 Å². The minimum Gasteiger partial charge on any atom is -0.480 e. The number of hydrogen-bond donors (Lipinski definition) is 2. The van der Waals surface area contributed by atoms with E-state index in [0.29, 0.717) is 5.56 Å². The number of benzene rings is 1. The molecule has 0 spiro atoms. The molecule has 0 saturated carbocycles. The van der Waals surface area contributed by atoms with Gasteiger partial charge in [0.25, 0.3) is 5.69 Å². The summed E-state index contributed by atoms with van der Waals surface area (Å²) in [6, 6.07) is 5.10. The molecule has 1 aromatic carbocycles. The lowest BCUT2D eigenvalue weighted by Crippen LogP contribution is -2.45. The Morgan fingerprint density at radius 1 is 1.52 bits per heavy atom. The number of carboxylic acids is 1. The largest absolute Gasteiger partial charge is 0.480 e. The van der Waals surface area contributed by atoms with Crippen LogP contribution in [-0.2, 0) is 9.59 Å². The summed E-state index contributed by atoms with van der Waals surface area (Å²) in [5, 5.41) is 19.9. The van der Waals surface area contributed by atoms with Crippen molar-refractivity contribution in [2.45, 2.75) is 18.3 Å². The van der Waals surface area contributed by atoms with Gasteiger partial charge in [0.1, 0.15) is 11.4 Å². The van der Waals surface area contributed by atoms with Gasteiger partial charge in [-0.05, 0) is 6.07 Å². The molecular weight excluding hydrogens is 340 g/mol. The van der Waals surface area contributed by atoms with Crippen molar-refractivity contribution in [3.8, 4) is 0 Å². The Hall–Kier alpha value is -1.74. The van der Waals surface area contributed by atoms with E-state index in [1.54, 1.807) is 25.1 Å². The average molecular weight is 356 g/mol. The molecule has 0 aromatic heterocycles. The lowest BCUT2D eigenvalue weighted by atomic mass is 10.1. The third-order valence-electron chi connectivity index (χ3n) is 3.63. The summed E-state index contributed by atoms with van der Waals surface area (Å²) in [6.45, 7) is 1.66. The Kier molecular flexibility index (Phi) is 5.53. The molecule has 1 N–H and O–H groups in total. The molecule has 0 radical (unpaired) electrons. The Labute approximate surface area is 142 Å². The van der Waals surface area contributed by atoms with Crippen LogP contribution in [0.2, 0.25) is 0 Å². The van der Waals surface area contributed by atoms with Gasteiger partial charge in [-0.2, -0.15) is 12.6 Å². The maximum atomic E-state index is 12.6. The molecule has 124 valence electrons. The number of thiol groups is 1. The van der Waals surface area contributed by atoms with Gasteiger partial charge in [0.2, 0.25) is 5.91 Å².